The molecule has 0 saturated carbocycles. The van der Waals surface area contributed by atoms with Crippen LogP contribution >= 0.6 is 0 Å². The van der Waals surface area contributed by atoms with Crippen LogP contribution in [0.4, 0.5) is 0 Å². The van der Waals surface area contributed by atoms with Crippen molar-refractivity contribution >= 4 is 75.9 Å². The number of nitrogens with zero attached hydrogens (tertiary/aromatic N) is 11. The van der Waals surface area contributed by atoms with Gasteiger partial charge in [-0.2, -0.15) is 0 Å². The molecule has 11 heteroatoms. The summed E-state index contributed by atoms with van der Waals surface area (Å²) in [6.07, 6.45) is 7.53. The number of benzene rings is 15. The standard InChI is InChI=1S/C59H38N6.C56H37N5/c1-37-34-52(50-19-9-13-40-10-5-6-17-48(40)50)51-30-28-43-29-31-54(62-55(43)56(51)61-37)42-24-20-38(21-25-42)39-22-26-45(27-23-39)58-63-57(44-11-3-2-4-12-44)64-59(65-58)47-16-7-15-46(35-47)49-18-8-14-41-32-33-60-36-53(41)49;1-36-32-49(39-10-4-2-5-11-39)48-28-26-43-27-29-51(59-54(43)55(48)58-36)42-22-18-37(19-23-42)38-20-24-44(25-21-38)56-60-52(41-12-6-3-7-13-41)34-53(61-56)46-16-8-15-45(33-46)47-17-9-14-40-30-31-57-35-50(40)47/h2-36H,1H3;2-35H,1H3. The molecule has 0 atom stereocenters. The van der Waals surface area contributed by atoms with Crippen LogP contribution in [0.2, 0.25) is 0 Å². The summed E-state index contributed by atoms with van der Waals surface area (Å²) in [5, 5.41) is 11.3. The van der Waals surface area contributed by atoms with Crippen molar-refractivity contribution in [2.45, 2.75) is 13.8 Å². The molecule has 15 aromatic carbocycles. The maximum atomic E-state index is 5.27. The van der Waals surface area contributed by atoms with Crippen molar-refractivity contribution in [3.63, 3.8) is 0 Å². The van der Waals surface area contributed by atoms with E-state index in [2.05, 4.69) is 357 Å². The number of aromatic nitrogens is 11. The van der Waals surface area contributed by atoms with Gasteiger partial charge in [0.15, 0.2) is 23.3 Å². The molecule has 8 heterocycles. The molecule has 0 bridgehead atoms. The minimum Gasteiger partial charge on any atom is -0.264 e. The first kappa shape index (κ1) is 75.3. The fourth-order valence-corrected chi connectivity index (χ4v) is 17.4. The molecule has 0 aliphatic carbocycles. The number of hydrogen-bond donors (Lipinski definition) is 0. The van der Waals surface area contributed by atoms with E-state index in [1.54, 1.807) is 0 Å². The van der Waals surface area contributed by atoms with Gasteiger partial charge in [-0.15, -0.1) is 0 Å². The van der Waals surface area contributed by atoms with Gasteiger partial charge in [-0.05, 0) is 157 Å². The maximum Gasteiger partial charge on any atom is 0.164 e. The Balaban J connectivity index is 0.000000149. The molecule has 0 aliphatic rings. The van der Waals surface area contributed by atoms with E-state index in [1.165, 1.54) is 33.0 Å². The molecule has 0 spiro atoms. The van der Waals surface area contributed by atoms with Crippen molar-refractivity contribution in [2.75, 3.05) is 0 Å². The summed E-state index contributed by atoms with van der Waals surface area (Å²) in [4.78, 5) is 54.7. The van der Waals surface area contributed by atoms with Gasteiger partial charge in [0.05, 0.1) is 44.8 Å². The second-order valence-electron chi connectivity index (χ2n) is 31.8. The van der Waals surface area contributed by atoms with E-state index in [4.69, 9.17) is 44.9 Å². The van der Waals surface area contributed by atoms with E-state index in [0.29, 0.717) is 23.3 Å². The molecule has 11 nitrogen and oxygen atoms in total. The Hall–Kier alpha value is -16.9. The summed E-state index contributed by atoms with van der Waals surface area (Å²) in [5.41, 5.74) is 30.5. The van der Waals surface area contributed by atoms with Crippen LogP contribution in [0.1, 0.15) is 11.4 Å². The van der Waals surface area contributed by atoms with E-state index in [0.717, 1.165) is 188 Å². The summed E-state index contributed by atoms with van der Waals surface area (Å²) in [7, 11) is 0. The Labute approximate surface area is 727 Å². The van der Waals surface area contributed by atoms with Gasteiger partial charge in [-0.3, -0.25) is 19.9 Å². The van der Waals surface area contributed by atoms with Gasteiger partial charge in [0.2, 0.25) is 0 Å². The van der Waals surface area contributed by atoms with Gasteiger partial charge in [0.1, 0.15) is 0 Å². The molecule has 23 rings (SSSR count). The first-order valence-corrected chi connectivity index (χ1v) is 42.2. The van der Waals surface area contributed by atoms with E-state index in [1.807, 2.05) is 85.5 Å². The van der Waals surface area contributed by atoms with E-state index in [9.17, 15) is 0 Å². The molecule has 0 amide bonds. The Morgan fingerprint density at radius 2 is 0.508 bits per heavy atom. The SMILES string of the molecule is Cc1cc(-c2cccc3ccccc23)c2ccc3ccc(-c4ccc(-c5ccc(-c6nc(-c7ccccc7)nc(-c7cccc(-c8cccc9ccncc89)c7)n6)cc5)cc4)nc3c2n1.Cc1cc(-c2ccccc2)c2ccc3ccc(-c4ccc(-c5ccc(-c6nc(-c7ccccc7)cc(-c7cccc(-c8cccc9ccncc89)c7)n6)cc5)cc4)nc3c2n1. The van der Waals surface area contributed by atoms with Crippen molar-refractivity contribution in [1.82, 2.24) is 54.8 Å². The van der Waals surface area contributed by atoms with Gasteiger partial charge in [0, 0.05) is 113 Å². The highest BCUT2D eigenvalue weighted by molar-refractivity contribution is 6.13. The second-order valence-corrected chi connectivity index (χ2v) is 31.8. The van der Waals surface area contributed by atoms with Crippen LogP contribution in [0.25, 0.3) is 233 Å². The van der Waals surface area contributed by atoms with Crippen LogP contribution in [0.5, 0.6) is 0 Å². The smallest absolute Gasteiger partial charge is 0.164 e. The maximum absolute atomic E-state index is 5.27. The van der Waals surface area contributed by atoms with Crippen LogP contribution in [-0.2, 0) is 0 Å². The minimum atomic E-state index is 0.611. The first-order chi connectivity index (χ1) is 62.2. The van der Waals surface area contributed by atoms with Crippen LogP contribution in [-0.4, -0.2) is 54.8 Å². The van der Waals surface area contributed by atoms with Gasteiger partial charge in [0.25, 0.3) is 0 Å². The zero-order valence-electron chi connectivity index (χ0n) is 68.8. The molecular formula is C115H75N11. The molecule has 23 aromatic rings. The predicted octanol–water partition coefficient (Wildman–Crippen LogP) is 28.7. The lowest BCUT2D eigenvalue weighted by molar-refractivity contribution is 1.07. The van der Waals surface area contributed by atoms with E-state index < -0.39 is 0 Å². The predicted molar refractivity (Wildman–Crippen MR) is 517 cm³/mol. The molecule has 0 fully saturated rings. The van der Waals surface area contributed by atoms with Gasteiger partial charge >= 0.3 is 0 Å². The highest BCUT2D eigenvalue weighted by atomic mass is 15.0. The summed E-state index contributed by atoms with van der Waals surface area (Å²) in [6.45, 7) is 4.12. The zero-order valence-corrected chi connectivity index (χ0v) is 68.8. The molecule has 590 valence electrons. The number of pyridine rings is 6. The average molecular weight is 1610 g/mol. The number of rotatable bonds is 14. The quantitative estimate of drug-likeness (QED) is 0.0960. The molecule has 0 radical (unpaired) electrons. The van der Waals surface area contributed by atoms with Crippen LogP contribution < -0.4 is 0 Å². The third-order valence-corrected chi connectivity index (χ3v) is 23.7. The number of hydrogen-bond acceptors (Lipinski definition) is 11. The molecule has 126 heavy (non-hydrogen) atoms. The Morgan fingerprint density at radius 3 is 1.03 bits per heavy atom. The average Bonchev–Trinajstić information content (AvgIpc) is 0.761. The third kappa shape index (κ3) is 14.7. The summed E-state index contributed by atoms with van der Waals surface area (Å²) in [5.74, 6) is 2.52. The number of fused-ring (bicyclic) bond motifs is 9. The molecule has 0 saturated heterocycles. The monoisotopic (exact) mass is 1610 g/mol. The minimum absolute atomic E-state index is 0.611. The van der Waals surface area contributed by atoms with Crippen molar-refractivity contribution in [2.24, 2.45) is 0 Å². The fraction of sp³-hybridized carbons (Fsp3) is 0.0174. The summed E-state index contributed by atoms with van der Waals surface area (Å²) < 4.78 is 0. The van der Waals surface area contributed by atoms with Crippen LogP contribution in [0.15, 0.2) is 419 Å². The van der Waals surface area contributed by atoms with Crippen molar-refractivity contribution in [3.05, 3.63) is 430 Å². The largest absolute Gasteiger partial charge is 0.264 e. The van der Waals surface area contributed by atoms with Gasteiger partial charge in [-0.25, -0.2) is 34.9 Å². The highest BCUT2D eigenvalue weighted by Crippen LogP contribution is 2.42. The molecule has 8 aromatic heterocycles. The van der Waals surface area contributed by atoms with Crippen LogP contribution in [0.3, 0.4) is 0 Å². The van der Waals surface area contributed by atoms with E-state index in [-0.39, 0.29) is 0 Å². The lowest BCUT2D eigenvalue weighted by atomic mass is 9.94. The Morgan fingerprint density at radius 1 is 0.159 bits per heavy atom. The van der Waals surface area contributed by atoms with Gasteiger partial charge in [-0.1, -0.05) is 340 Å². The second kappa shape index (κ2) is 32.6. The Bertz CT molecular complexity index is 8120. The zero-order chi connectivity index (χ0) is 84.0. The highest BCUT2D eigenvalue weighted by Gasteiger charge is 2.21. The summed E-state index contributed by atoms with van der Waals surface area (Å²) in [6, 6.07) is 138. The first-order valence-electron chi connectivity index (χ1n) is 42.2. The van der Waals surface area contributed by atoms with E-state index >= 15 is 0 Å². The lowest BCUT2D eigenvalue weighted by Crippen LogP contribution is -2.00. The molecule has 0 unspecified atom stereocenters. The van der Waals surface area contributed by atoms with Crippen molar-refractivity contribution < 1.29 is 0 Å². The fourth-order valence-electron chi connectivity index (χ4n) is 17.4. The third-order valence-electron chi connectivity index (χ3n) is 23.7. The normalized spacial score (nSPS) is 11.4. The Kier molecular flexibility index (Phi) is 19.5. The van der Waals surface area contributed by atoms with Gasteiger partial charge < -0.3 is 0 Å². The molecular weight excluding hydrogens is 1540 g/mol. The van der Waals surface area contributed by atoms with Crippen molar-refractivity contribution in [1.29, 1.82) is 0 Å². The topological polar surface area (TPSA) is 142 Å². The molecule has 0 N–H and O–H groups in total. The van der Waals surface area contributed by atoms with Crippen molar-refractivity contribution in [3.8, 4) is 157 Å². The number of aryl methyl sites for hydroxylation is 2. The van der Waals surface area contributed by atoms with Crippen LogP contribution in [0, 0.1) is 13.8 Å². The summed E-state index contributed by atoms with van der Waals surface area (Å²) >= 11 is 0. The lowest BCUT2D eigenvalue weighted by Gasteiger charge is -2.13. The molecule has 0 aliphatic heterocycles.